The maximum atomic E-state index is 9.43. The molecule has 1 rings (SSSR count). The highest BCUT2D eigenvalue weighted by Crippen LogP contribution is 2.21. The van der Waals surface area contributed by atoms with Gasteiger partial charge in [0, 0.05) is 6.54 Å². The van der Waals surface area contributed by atoms with Crippen LogP contribution in [0.1, 0.15) is 20.3 Å². The van der Waals surface area contributed by atoms with E-state index >= 15 is 0 Å². The van der Waals surface area contributed by atoms with E-state index in [0.717, 1.165) is 18.7 Å². The van der Waals surface area contributed by atoms with Crippen LogP contribution in [0, 0.1) is 5.92 Å². The third-order valence-electron chi connectivity index (χ3n) is 2.24. The molecule has 0 bridgehead atoms. The van der Waals surface area contributed by atoms with Crippen molar-refractivity contribution in [1.29, 1.82) is 0 Å². The van der Waals surface area contributed by atoms with E-state index in [1.165, 1.54) is 0 Å². The van der Waals surface area contributed by atoms with Gasteiger partial charge < -0.3 is 10.4 Å². The van der Waals surface area contributed by atoms with Crippen molar-refractivity contribution < 1.29 is 5.11 Å². The number of hydrogen-bond acceptors (Lipinski definition) is 2. The van der Waals surface area contributed by atoms with Crippen molar-refractivity contribution in [1.82, 2.24) is 0 Å². The van der Waals surface area contributed by atoms with Gasteiger partial charge in [0.15, 0.2) is 0 Å². The fraction of sp³-hybridized carbons (Fsp3) is 0.455. The van der Waals surface area contributed by atoms with Crippen molar-refractivity contribution in [3.05, 3.63) is 24.3 Å². The number of aromatic hydroxyl groups is 1. The van der Waals surface area contributed by atoms with Crippen molar-refractivity contribution in [3.8, 4) is 5.75 Å². The lowest BCUT2D eigenvalue weighted by atomic mass is 10.1. The van der Waals surface area contributed by atoms with Gasteiger partial charge >= 0.3 is 0 Å². The first-order valence-electron chi connectivity index (χ1n) is 4.76. The molecule has 0 amide bonds. The lowest BCUT2D eigenvalue weighted by molar-refractivity contribution is 0.476. The maximum absolute atomic E-state index is 9.43. The predicted molar refractivity (Wildman–Crippen MR) is 56.1 cm³/mol. The summed E-state index contributed by atoms with van der Waals surface area (Å²) < 4.78 is 0. The smallest absolute Gasteiger partial charge is 0.138 e. The first-order valence-corrected chi connectivity index (χ1v) is 4.76. The van der Waals surface area contributed by atoms with Crippen LogP contribution in [0.15, 0.2) is 24.3 Å². The van der Waals surface area contributed by atoms with Gasteiger partial charge in [-0.25, -0.2) is 0 Å². The monoisotopic (exact) mass is 179 g/mol. The largest absolute Gasteiger partial charge is 0.506 e. The third-order valence-corrected chi connectivity index (χ3v) is 2.24. The summed E-state index contributed by atoms with van der Waals surface area (Å²) in [5.74, 6) is 0.963. The van der Waals surface area contributed by atoms with Crippen LogP contribution in [0.25, 0.3) is 0 Å². The van der Waals surface area contributed by atoms with Crippen molar-refractivity contribution >= 4 is 5.69 Å². The van der Waals surface area contributed by atoms with E-state index in [4.69, 9.17) is 0 Å². The van der Waals surface area contributed by atoms with Gasteiger partial charge in [0.05, 0.1) is 5.69 Å². The summed E-state index contributed by atoms with van der Waals surface area (Å²) in [6, 6.07) is 7.32. The Morgan fingerprint density at radius 2 is 2.08 bits per heavy atom. The third kappa shape index (κ3) is 2.98. The molecule has 2 heteroatoms. The topological polar surface area (TPSA) is 32.3 Å². The second kappa shape index (κ2) is 4.75. The van der Waals surface area contributed by atoms with Gasteiger partial charge in [-0.05, 0) is 18.1 Å². The van der Waals surface area contributed by atoms with Gasteiger partial charge in [-0.15, -0.1) is 0 Å². The summed E-state index contributed by atoms with van der Waals surface area (Å²) in [6.07, 6.45) is 1.15. The lowest BCUT2D eigenvalue weighted by Gasteiger charge is -2.11. The first kappa shape index (κ1) is 9.90. The first-order chi connectivity index (χ1) is 6.24. The van der Waals surface area contributed by atoms with E-state index in [1.807, 2.05) is 18.2 Å². The molecule has 2 N–H and O–H groups in total. The highest BCUT2D eigenvalue weighted by molar-refractivity contribution is 5.55. The van der Waals surface area contributed by atoms with E-state index < -0.39 is 0 Å². The molecule has 0 spiro atoms. The van der Waals surface area contributed by atoms with Crippen molar-refractivity contribution in [2.24, 2.45) is 5.92 Å². The molecule has 1 atom stereocenters. The van der Waals surface area contributed by atoms with Crippen LogP contribution in [0.2, 0.25) is 0 Å². The molecule has 0 saturated heterocycles. The number of nitrogens with one attached hydrogen (secondary N) is 1. The zero-order chi connectivity index (χ0) is 9.68. The number of phenols is 1. The fourth-order valence-electron chi connectivity index (χ4n) is 1.05. The molecule has 72 valence electrons. The molecule has 0 heterocycles. The quantitative estimate of drug-likeness (QED) is 0.696. The highest BCUT2D eigenvalue weighted by Gasteiger charge is 2.01. The highest BCUT2D eigenvalue weighted by atomic mass is 16.3. The van der Waals surface area contributed by atoms with Gasteiger partial charge in [0.2, 0.25) is 0 Å². The fourth-order valence-corrected chi connectivity index (χ4v) is 1.05. The van der Waals surface area contributed by atoms with E-state index in [0.29, 0.717) is 11.7 Å². The molecule has 1 aromatic carbocycles. The predicted octanol–water partition coefficient (Wildman–Crippen LogP) is 2.85. The molecule has 0 aliphatic rings. The maximum Gasteiger partial charge on any atom is 0.138 e. The van der Waals surface area contributed by atoms with Crippen LogP contribution in [0.5, 0.6) is 5.75 Å². The molecule has 13 heavy (non-hydrogen) atoms. The minimum atomic E-state index is 0.325. The zero-order valence-electron chi connectivity index (χ0n) is 8.25. The Kier molecular flexibility index (Phi) is 3.62. The van der Waals surface area contributed by atoms with Crippen LogP contribution in [-0.4, -0.2) is 11.7 Å². The van der Waals surface area contributed by atoms with Gasteiger partial charge in [0.25, 0.3) is 0 Å². The summed E-state index contributed by atoms with van der Waals surface area (Å²) in [7, 11) is 0. The second-order valence-electron chi connectivity index (χ2n) is 3.41. The van der Waals surface area contributed by atoms with Gasteiger partial charge in [-0.1, -0.05) is 32.4 Å². The van der Waals surface area contributed by atoms with E-state index in [-0.39, 0.29) is 0 Å². The standard InChI is InChI=1S/C11H17NO/c1-3-9(2)8-12-10-6-4-5-7-11(10)13/h4-7,9,12-13H,3,8H2,1-2H3. The SMILES string of the molecule is CCC(C)CNc1ccccc1O. The second-order valence-corrected chi connectivity index (χ2v) is 3.41. The minimum absolute atomic E-state index is 0.325. The Morgan fingerprint density at radius 1 is 1.38 bits per heavy atom. The van der Waals surface area contributed by atoms with E-state index in [2.05, 4.69) is 19.2 Å². The van der Waals surface area contributed by atoms with Crippen molar-refractivity contribution in [2.45, 2.75) is 20.3 Å². The molecular formula is C11H17NO. The van der Waals surface area contributed by atoms with Crippen molar-refractivity contribution in [2.75, 3.05) is 11.9 Å². The normalized spacial score (nSPS) is 12.5. The molecule has 0 aliphatic heterocycles. The number of para-hydroxylation sites is 2. The minimum Gasteiger partial charge on any atom is -0.506 e. The number of rotatable bonds is 4. The van der Waals surface area contributed by atoms with Crippen LogP contribution in [0.3, 0.4) is 0 Å². The summed E-state index contributed by atoms with van der Waals surface area (Å²) in [5, 5.41) is 12.6. The van der Waals surface area contributed by atoms with Gasteiger partial charge in [-0.2, -0.15) is 0 Å². The Morgan fingerprint density at radius 3 is 2.69 bits per heavy atom. The molecule has 0 aromatic heterocycles. The number of benzene rings is 1. The lowest BCUT2D eigenvalue weighted by Crippen LogP contribution is -2.10. The summed E-state index contributed by atoms with van der Waals surface area (Å²) in [5.41, 5.74) is 0.822. The Balaban J connectivity index is 2.50. The number of phenolic OH excluding ortho intramolecular Hbond substituents is 1. The Labute approximate surface area is 79.6 Å². The van der Waals surface area contributed by atoms with Gasteiger partial charge in [-0.3, -0.25) is 0 Å². The Bertz CT molecular complexity index is 260. The van der Waals surface area contributed by atoms with Crippen LogP contribution in [0.4, 0.5) is 5.69 Å². The van der Waals surface area contributed by atoms with E-state index in [1.54, 1.807) is 6.07 Å². The molecule has 1 unspecified atom stereocenters. The van der Waals surface area contributed by atoms with Crippen LogP contribution < -0.4 is 5.32 Å². The molecular weight excluding hydrogens is 162 g/mol. The number of anilines is 1. The van der Waals surface area contributed by atoms with Crippen LogP contribution >= 0.6 is 0 Å². The van der Waals surface area contributed by atoms with Gasteiger partial charge in [0.1, 0.15) is 5.75 Å². The zero-order valence-corrected chi connectivity index (χ0v) is 8.25. The summed E-state index contributed by atoms with van der Waals surface area (Å²) in [4.78, 5) is 0. The summed E-state index contributed by atoms with van der Waals surface area (Å²) in [6.45, 7) is 5.26. The Hall–Kier alpha value is -1.18. The molecule has 0 aliphatic carbocycles. The molecule has 0 saturated carbocycles. The van der Waals surface area contributed by atoms with Crippen LogP contribution in [-0.2, 0) is 0 Å². The average Bonchev–Trinajstić information content (AvgIpc) is 2.16. The molecule has 0 radical (unpaired) electrons. The molecule has 0 fully saturated rings. The molecule has 2 nitrogen and oxygen atoms in total. The number of hydrogen-bond donors (Lipinski definition) is 2. The van der Waals surface area contributed by atoms with E-state index in [9.17, 15) is 5.11 Å². The van der Waals surface area contributed by atoms with Crippen molar-refractivity contribution in [3.63, 3.8) is 0 Å². The average molecular weight is 179 g/mol. The summed E-state index contributed by atoms with van der Waals surface area (Å²) >= 11 is 0. The molecule has 1 aromatic rings.